The average molecular weight is 340 g/mol. The number of para-hydroxylation sites is 1. The Morgan fingerprint density at radius 2 is 2.21 bits per heavy atom. The molecule has 1 N–H and O–H groups in total. The lowest BCUT2D eigenvalue weighted by Gasteiger charge is -2.25. The number of benzene rings is 1. The number of carbonyl (C=O) groups is 1. The van der Waals surface area contributed by atoms with Gasteiger partial charge in [0.2, 0.25) is 5.91 Å². The molecule has 0 atom stereocenters. The summed E-state index contributed by atoms with van der Waals surface area (Å²) >= 11 is 1.68. The van der Waals surface area contributed by atoms with E-state index < -0.39 is 0 Å². The molecule has 2 aromatic heterocycles. The average Bonchev–Trinajstić information content (AvgIpc) is 3.13. The van der Waals surface area contributed by atoms with Gasteiger partial charge in [-0.1, -0.05) is 25.1 Å². The standard InChI is InChI=1S/C19H20N2O2S/c1-3-21-9-8-14-17(11-21)24-19(20-12(2)22)18(14)16-10-13-6-4-5-7-15(13)23-16/h4-7,10H,3,8-9,11H2,1-2H3,(H,20,22). The number of rotatable bonds is 3. The van der Waals surface area contributed by atoms with Crippen LogP contribution < -0.4 is 5.32 Å². The molecule has 124 valence electrons. The Bertz CT molecular complexity index is 876. The van der Waals surface area contributed by atoms with Gasteiger partial charge in [0, 0.05) is 30.3 Å². The van der Waals surface area contributed by atoms with Gasteiger partial charge in [-0.15, -0.1) is 11.3 Å². The molecule has 0 unspecified atom stereocenters. The van der Waals surface area contributed by atoms with E-state index in [9.17, 15) is 4.79 Å². The van der Waals surface area contributed by atoms with Gasteiger partial charge < -0.3 is 9.73 Å². The lowest BCUT2D eigenvalue weighted by molar-refractivity contribution is -0.114. The number of anilines is 1. The Morgan fingerprint density at radius 1 is 1.38 bits per heavy atom. The van der Waals surface area contributed by atoms with Crippen LogP contribution in [0.5, 0.6) is 0 Å². The molecular weight excluding hydrogens is 320 g/mol. The number of nitrogens with one attached hydrogen (secondary N) is 1. The lowest BCUT2D eigenvalue weighted by atomic mass is 10.0. The molecule has 4 nitrogen and oxygen atoms in total. The maximum Gasteiger partial charge on any atom is 0.221 e. The van der Waals surface area contributed by atoms with Crippen LogP contribution in [-0.4, -0.2) is 23.9 Å². The zero-order valence-corrected chi connectivity index (χ0v) is 14.7. The van der Waals surface area contributed by atoms with E-state index in [1.165, 1.54) is 10.4 Å². The van der Waals surface area contributed by atoms with Crippen molar-refractivity contribution in [2.75, 3.05) is 18.4 Å². The Hall–Kier alpha value is -2.11. The zero-order chi connectivity index (χ0) is 16.7. The first-order valence-corrected chi connectivity index (χ1v) is 9.10. The van der Waals surface area contributed by atoms with Crippen molar-refractivity contribution in [1.29, 1.82) is 0 Å². The maximum atomic E-state index is 11.7. The van der Waals surface area contributed by atoms with E-state index in [0.717, 1.165) is 53.3 Å². The van der Waals surface area contributed by atoms with Crippen molar-refractivity contribution in [1.82, 2.24) is 4.90 Å². The number of nitrogens with zero attached hydrogens (tertiary/aromatic N) is 1. The highest BCUT2D eigenvalue weighted by atomic mass is 32.1. The highest BCUT2D eigenvalue weighted by molar-refractivity contribution is 7.17. The van der Waals surface area contributed by atoms with Gasteiger partial charge in [-0.2, -0.15) is 0 Å². The van der Waals surface area contributed by atoms with Gasteiger partial charge in [0.05, 0.1) is 5.56 Å². The summed E-state index contributed by atoms with van der Waals surface area (Å²) in [6.45, 7) is 6.79. The molecule has 0 spiro atoms. The van der Waals surface area contributed by atoms with Crippen molar-refractivity contribution in [3.05, 3.63) is 40.8 Å². The third-order valence-electron chi connectivity index (χ3n) is 4.54. The van der Waals surface area contributed by atoms with Crippen molar-refractivity contribution in [3.8, 4) is 11.3 Å². The fourth-order valence-corrected chi connectivity index (χ4v) is 4.68. The van der Waals surface area contributed by atoms with Gasteiger partial charge in [-0.25, -0.2) is 0 Å². The predicted octanol–water partition coefficient (Wildman–Crippen LogP) is 4.50. The largest absolute Gasteiger partial charge is 0.456 e. The molecule has 0 saturated carbocycles. The molecule has 0 saturated heterocycles. The normalized spacial score (nSPS) is 14.8. The van der Waals surface area contributed by atoms with Crippen molar-refractivity contribution >= 4 is 33.2 Å². The summed E-state index contributed by atoms with van der Waals surface area (Å²) in [6.07, 6.45) is 0.992. The highest BCUT2D eigenvalue weighted by Gasteiger charge is 2.26. The number of hydrogen-bond donors (Lipinski definition) is 1. The van der Waals surface area contributed by atoms with Crippen LogP contribution in [0, 0.1) is 0 Å². The van der Waals surface area contributed by atoms with E-state index in [-0.39, 0.29) is 5.91 Å². The van der Waals surface area contributed by atoms with Gasteiger partial charge in [0.25, 0.3) is 0 Å². The molecule has 0 fully saturated rings. The molecule has 3 aromatic rings. The molecule has 1 aliphatic rings. The van der Waals surface area contributed by atoms with Gasteiger partial charge in [-0.3, -0.25) is 9.69 Å². The summed E-state index contributed by atoms with van der Waals surface area (Å²) in [5, 5.41) is 5.00. The van der Waals surface area contributed by atoms with Crippen LogP contribution in [0.3, 0.4) is 0 Å². The first kappa shape index (κ1) is 15.4. The summed E-state index contributed by atoms with van der Waals surface area (Å²) in [7, 11) is 0. The van der Waals surface area contributed by atoms with E-state index in [4.69, 9.17) is 4.42 Å². The van der Waals surface area contributed by atoms with E-state index in [2.05, 4.69) is 29.3 Å². The summed E-state index contributed by atoms with van der Waals surface area (Å²) in [6, 6.07) is 10.1. The third kappa shape index (κ3) is 2.64. The Labute approximate surface area is 145 Å². The van der Waals surface area contributed by atoms with E-state index >= 15 is 0 Å². The molecule has 0 aliphatic carbocycles. The molecule has 24 heavy (non-hydrogen) atoms. The number of hydrogen-bond acceptors (Lipinski definition) is 4. The first-order chi connectivity index (χ1) is 11.7. The van der Waals surface area contributed by atoms with Crippen LogP contribution in [0.4, 0.5) is 5.00 Å². The first-order valence-electron chi connectivity index (χ1n) is 8.29. The van der Waals surface area contributed by atoms with Gasteiger partial charge in [-0.05, 0) is 30.7 Å². The molecular formula is C19H20N2O2S. The number of thiophene rings is 1. The summed E-state index contributed by atoms with van der Waals surface area (Å²) in [5.74, 6) is 0.806. The smallest absolute Gasteiger partial charge is 0.221 e. The molecule has 0 radical (unpaired) electrons. The van der Waals surface area contributed by atoms with Crippen LogP contribution in [0.1, 0.15) is 24.3 Å². The van der Waals surface area contributed by atoms with Crippen molar-refractivity contribution in [2.24, 2.45) is 0 Å². The van der Waals surface area contributed by atoms with Crippen molar-refractivity contribution < 1.29 is 9.21 Å². The molecule has 3 heterocycles. The number of fused-ring (bicyclic) bond motifs is 2. The second-order valence-electron chi connectivity index (χ2n) is 6.16. The second kappa shape index (κ2) is 6.07. The monoisotopic (exact) mass is 340 g/mol. The van der Waals surface area contributed by atoms with Crippen LogP contribution in [0.15, 0.2) is 34.7 Å². The van der Waals surface area contributed by atoms with Crippen molar-refractivity contribution in [3.63, 3.8) is 0 Å². The van der Waals surface area contributed by atoms with Crippen LogP contribution in [-0.2, 0) is 17.8 Å². The van der Waals surface area contributed by atoms with Gasteiger partial charge in [0.15, 0.2) is 0 Å². The summed E-state index contributed by atoms with van der Waals surface area (Å²) in [5.41, 5.74) is 3.27. The summed E-state index contributed by atoms with van der Waals surface area (Å²) in [4.78, 5) is 15.4. The third-order valence-corrected chi connectivity index (χ3v) is 5.68. The predicted molar refractivity (Wildman–Crippen MR) is 98.5 cm³/mol. The van der Waals surface area contributed by atoms with Crippen LogP contribution in [0.2, 0.25) is 0 Å². The van der Waals surface area contributed by atoms with E-state index in [0.29, 0.717) is 0 Å². The summed E-state index contributed by atoms with van der Waals surface area (Å²) < 4.78 is 6.10. The molecule has 1 aliphatic heterocycles. The molecule has 4 rings (SSSR count). The molecule has 0 bridgehead atoms. The minimum atomic E-state index is -0.0432. The topological polar surface area (TPSA) is 45.5 Å². The van der Waals surface area contributed by atoms with E-state index in [1.807, 2.05) is 18.2 Å². The maximum absolute atomic E-state index is 11.7. The highest BCUT2D eigenvalue weighted by Crippen LogP contribution is 2.44. The quantitative estimate of drug-likeness (QED) is 0.764. The number of carbonyl (C=O) groups excluding carboxylic acids is 1. The van der Waals surface area contributed by atoms with Gasteiger partial charge >= 0.3 is 0 Å². The van der Waals surface area contributed by atoms with Crippen LogP contribution >= 0.6 is 11.3 Å². The zero-order valence-electron chi connectivity index (χ0n) is 13.9. The molecule has 5 heteroatoms. The van der Waals surface area contributed by atoms with E-state index in [1.54, 1.807) is 18.3 Å². The fourth-order valence-electron chi connectivity index (χ4n) is 3.34. The minimum absolute atomic E-state index is 0.0432. The number of amides is 1. The second-order valence-corrected chi connectivity index (χ2v) is 7.26. The van der Waals surface area contributed by atoms with Gasteiger partial charge in [0.1, 0.15) is 16.3 Å². The SMILES string of the molecule is CCN1CCc2c(sc(NC(C)=O)c2-c2cc3ccccc3o2)C1. The number of furan rings is 1. The fraction of sp³-hybridized carbons (Fsp3) is 0.316. The Kier molecular flexibility index (Phi) is 3.90. The Morgan fingerprint density at radius 3 is 2.96 bits per heavy atom. The van der Waals surface area contributed by atoms with Crippen LogP contribution in [0.25, 0.3) is 22.3 Å². The molecule has 1 aromatic carbocycles. The minimum Gasteiger partial charge on any atom is -0.456 e. The lowest BCUT2D eigenvalue weighted by Crippen LogP contribution is -2.29. The van der Waals surface area contributed by atoms with Crippen molar-refractivity contribution in [2.45, 2.75) is 26.8 Å². The molecule has 1 amide bonds. The number of likely N-dealkylation sites (N-methyl/N-ethyl adjacent to an activating group) is 1. The Balaban J connectivity index is 1.86.